The van der Waals surface area contributed by atoms with Crippen molar-refractivity contribution < 1.29 is 14.3 Å². The molecule has 0 radical (unpaired) electrons. The number of hydrogen-bond donors (Lipinski definition) is 1. The monoisotopic (exact) mass is 429 g/mol. The number of methoxy groups -OCH3 is 1. The minimum atomic E-state index is -0.0428. The summed E-state index contributed by atoms with van der Waals surface area (Å²) in [6, 6.07) is 7.70. The molecular formula is C23H31N3O3S. The van der Waals surface area contributed by atoms with Crippen molar-refractivity contribution in [3.05, 3.63) is 45.4 Å². The number of benzene rings is 1. The molecule has 1 saturated heterocycles. The highest BCUT2D eigenvalue weighted by atomic mass is 32.1. The van der Waals surface area contributed by atoms with Crippen LogP contribution >= 0.6 is 11.3 Å². The minimum absolute atomic E-state index is 0.0428. The largest absolute Gasteiger partial charge is 0.496 e. The van der Waals surface area contributed by atoms with Gasteiger partial charge in [0.05, 0.1) is 24.2 Å². The summed E-state index contributed by atoms with van der Waals surface area (Å²) < 4.78 is 5.35. The maximum absolute atomic E-state index is 12.7. The first-order valence-electron chi connectivity index (χ1n) is 10.5. The quantitative estimate of drug-likeness (QED) is 0.730. The first kappa shape index (κ1) is 22.3. The Morgan fingerprint density at radius 1 is 1.27 bits per heavy atom. The molecule has 1 aliphatic heterocycles. The van der Waals surface area contributed by atoms with Crippen molar-refractivity contribution >= 4 is 23.2 Å². The third-order valence-corrected chi connectivity index (χ3v) is 6.53. The SMILES string of the molecule is COc1ccccc1CC(=O)N1CCC(NC(=O)c2sc(CC(C)C)nc2C)CC1. The lowest BCUT2D eigenvalue weighted by Crippen LogP contribution is -2.47. The molecule has 3 rings (SSSR count). The molecule has 1 aromatic heterocycles. The summed E-state index contributed by atoms with van der Waals surface area (Å²) in [4.78, 5) is 32.6. The molecule has 1 aromatic carbocycles. The smallest absolute Gasteiger partial charge is 0.263 e. The normalized spacial score (nSPS) is 14.8. The Balaban J connectivity index is 1.51. The fourth-order valence-corrected chi connectivity index (χ4v) is 4.93. The molecule has 1 N–H and O–H groups in total. The lowest BCUT2D eigenvalue weighted by atomic mass is 10.0. The van der Waals surface area contributed by atoms with Crippen molar-refractivity contribution in [2.24, 2.45) is 5.92 Å². The summed E-state index contributed by atoms with van der Waals surface area (Å²) >= 11 is 1.50. The number of hydrogen-bond acceptors (Lipinski definition) is 5. The lowest BCUT2D eigenvalue weighted by molar-refractivity contribution is -0.131. The maximum Gasteiger partial charge on any atom is 0.263 e. The number of carbonyl (C=O) groups is 2. The number of aryl methyl sites for hydroxylation is 1. The molecule has 1 fully saturated rings. The van der Waals surface area contributed by atoms with E-state index in [0.717, 1.165) is 41.3 Å². The topological polar surface area (TPSA) is 71.5 Å². The summed E-state index contributed by atoms with van der Waals surface area (Å²) in [7, 11) is 1.62. The number of rotatable bonds is 7. The van der Waals surface area contributed by atoms with Crippen LogP contribution in [0.3, 0.4) is 0 Å². The first-order valence-corrected chi connectivity index (χ1v) is 11.4. The molecule has 0 spiro atoms. The molecule has 1 aliphatic rings. The number of aromatic nitrogens is 1. The van der Waals surface area contributed by atoms with Gasteiger partial charge in [-0.15, -0.1) is 11.3 Å². The van der Waals surface area contributed by atoms with E-state index in [1.807, 2.05) is 36.1 Å². The predicted molar refractivity (Wildman–Crippen MR) is 119 cm³/mol. The molecule has 0 unspecified atom stereocenters. The second kappa shape index (κ2) is 10.1. The van der Waals surface area contributed by atoms with Crippen molar-refractivity contribution in [1.82, 2.24) is 15.2 Å². The van der Waals surface area contributed by atoms with E-state index < -0.39 is 0 Å². The highest BCUT2D eigenvalue weighted by molar-refractivity contribution is 7.13. The van der Waals surface area contributed by atoms with Gasteiger partial charge in [0.15, 0.2) is 0 Å². The number of thiazole rings is 1. The van der Waals surface area contributed by atoms with Gasteiger partial charge in [-0.2, -0.15) is 0 Å². The number of likely N-dealkylation sites (tertiary alicyclic amines) is 1. The average molecular weight is 430 g/mol. The molecule has 6 nitrogen and oxygen atoms in total. The minimum Gasteiger partial charge on any atom is -0.496 e. The van der Waals surface area contributed by atoms with Gasteiger partial charge in [-0.3, -0.25) is 9.59 Å². The highest BCUT2D eigenvalue weighted by Gasteiger charge is 2.26. The third kappa shape index (κ3) is 5.59. The van der Waals surface area contributed by atoms with E-state index in [0.29, 0.717) is 30.3 Å². The standard InChI is InChI=1S/C23H31N3O3S/c1-15(2)13-20-24-16(3)22(30-20)23(28)25-18-9-11-26(12-10-18)21(27)14-17-7-5-6-8-19(17)29-4/h5-8,15,18H,9-14H2,1-4H3,(H,25,28). The van der Waals surface area contributed by atoms with Crippen LogP contribution in [-0.2, 0) is 17.6 Å². The van der Waals surface area contributed by atoms with Crippen molar-refractivity contribution in [2.75, 3.05) is 20.2 Å². The molecule has 7 heteroatoms. The summed E-state index contributed by atoms with van der Waals surface area (Å²) in [5.41, 5.74) is 1.70. The molecule has 162 valence electrons. The Morgan fingerprint density at radius 3 is 2.63 bits per heavy atom. The number of nitrogens with zero attached hydrogens (tertiary/aromatic N) is 2. The van der Waals surface area contributed by atoms with E-state index in [4.69, 9.17) is 4.74 Å². The zero-order valence-corrected chi connectivity index (χ0v) is 19.1. The highest BCUT2D eigenvalue weighted by Crippen LogP contribution is 2.22. The van der Waals surface area contributed by atoms with Crippen molar-refractivity contribution in [2.45, 2.75) is 52.5 Å². The van der Waals surface area contributed by atoms with Gasteiger partial charge in [0.1, 0.15) is 10.6 Å². The Bertz CT molecular complexity index is 886. The predicted octanol–water partition coefficient (Wildman–Crippen LogP) is 3.62. The molecule has 2 aromatic rings. The van der Waals surface area contributed by atoms with Crippen LogP contribution in [0, 0.1) is 12.8 Å². The van der Waals surface area contributed by atoms with Crippen molar-refractivity contribution in [3.8, 4) is 5.75 Å². The fourth-order valence-electron chi connectivity index (χ4n) is 3.75. The van der Waals surface area contributed by atoms with Crippen LogP contribution in [0.25, 0.3) is 0 Å². The maximum atomic E-state index is 12.7. The van der Waals surface area contributed by atoms with Crippen LogP contribution in [0.4, 0.5) is 0 Å². The lowest BCUT2D eigenvalue weighted by Gasteiger charge is -2.32. The van der Waals surface area contributed by atoms with Gasteiger partial charge >= 0.3 is 0 Å². The number of carbonyl (C=O) groups excluding carboxylic acids is 2. The summed E-state index contributed by atoms with van der Waals surface area (Å²) in [6.45, 7) is 7.51. The molecule has 0 aliphatic carbocycles. The fraction of sp³-hybridized carbons (Fsp3) is 0.522. The molecule has 0 saturated carbocycles. The number of para-hydroxylation sites is 1. The van der Waals surface area contributed by atoms with E-state index >= 15 is 0 Å². The van der Waals surface area contributed by atoms with Gasteiger partial charge in [-0.25, -0.2) is 4.98 Å². The second-order valence-corrected chi connectivity index (χ2v) is 9.32. The van der Waals surface area contributed by atoms with Gasteiger partial charge < -0.3 is 15.0 Å². The number of piperidine rings is 1. The van der Waals surface area contributed by atoms with Crippen molar-refractivity contribution in [3.63, 3.8) is 0 Å². The average Bonchev–Trinajstić information content (AvgIpc) is 3.08. The van der Waals surface area contributed by atoms with Crippen LogP contribution in [0.1, 0.15) is 52.6 Å². The van der Waals surface area contributed by atoms with Gasteiger partial charge in [-0.1, -0.05) is 32.0 Å². The molecule has 30 heavy (non-hydrogen) atoms. The van der Waals surface area contributed by atoms with Gasteiger partial charge in [-0.05, 0) is 31.7 Å². The number of ether oxygens (including phenoxy) is 1. The first-order chi connectivity index (χ1) is 14.4. The Kier molecular flexibility index (Phi) is 7.48. The van der Waals surface area contributed by atoms with E-state index in [1.165, 1.54) is 11.3 Å². The van der Waals surface area contributed by atoms with E-state index in [9.17, 15) is 9.59 Å². The molecule has 2 heterocycles. The number of amides is 2. The van der Waals surface area contributed by atoms with Gasteiger partial charge in [0.25, 0.3) is 5.91 Å². The Morgan fingerprint density at radius 2 is 1.97 bits per heavy atom. The van der Waals surface area contributed by atoms with E-state index in [-0.39, 0.29) is 17.9 Å². The van der Waals surface area contributed by atoms with Crippen LogP contribution in [0.2, 0.25) is 0 Å². The van der Waals surface area contributed by atoms with Crippen molar-refractivity contribution in [1.29, 1.82) is 0 Å². The van der Waals surface area contributed by atoms with E-state index in [1.54, 1.807) is 7.11 Å². The van der Waals surface area contributed by atoms with E-state index in [2.05, 4.69) is 24.1 Å². The molecule has 0 bridgehead atoms. The second-order valence-electron chi connectivity index (χ2n) is 8.24. The summed E-state index contributed by atoms with van der Waals surface area (Å²) in [6.07, 6.45) is 2.76. The summed E-state index contributed by atoms with van der Waals surface area (Å²) in [5.74, 6) is 1.31. The number of nitrogens with one attached hydrogen (secondary N) is 1. The van der Waals surface area contributed by atoms with Gasteiger partial charge in [0.2, 0.25) is 5.91 Å². The summed E-state index contributed by atoms with van der Waals surface area (Å²) in [5, 5.41) is 4.16. The zero-order chi connectivity index (χ0) is 21.7. The van der Waals surface area contributed by atoms with Crippen LogP contribution in [-0.4, -0.2) is 47.9 Å². The molecule has 2 amide bonds. The Hall–Kier alpha value is -2.41. The third-order valence-electron chi connectivity index (χ3n) is 5.35. The Labute approximate surface area is 182 Å². The molecule has 0 atom stereocenters. The molecular weight excluding hydrogens is 398 g/mol. The van der Waals surface area contributed by atoms with Crippen LogP contribution in [0.15, 0.2) is 24.3 Å². The van der Waals surface area contributed by atoms with Crippen LogP contribution < -0.4 is 10.1 Å². The van der Waals surface area contributed by atoms with Crippen LogP contribution in [0.5, 0.6) is 5.75 Å². The van der Waals surface area contributed by atoms with Gasteiger partial charge in [0, 0.05) is 31.1 Å². The zero-order valence-electron chi connectivity index (χ0n) is 18.2.